The Hall–Kier alpha value is -2.09. The highest BCUT2D eigenvalue weighted by Gasteiger charge is 2.28. The van der Waals surface area contributed by atoms with Crippen LogP contribution in [0.1, 0.15) is 11.5 Å². The Balaban J connectivity index is 2.26. The van der Waals surface area contributed by atoms with Crippen LogP contribution in [0.15, 0.2) is 41.4 Å². The number of alkyl halides is 2. The van der Waals surface area contributed by atoms with Gasteiger partial charge < -0.3 is 5.32 Å². The van der Waals surface area contributed by atoms with Crippen LogP contribution in [-0.2, 0) is 16.4 Å². The second-order valence-electron chi connectivity index (χ2n) is 4.25. The van der Waals surface area contributed by atoms with Crippen LogP contribution < -0.4 is 5.32 Å². The summed E-state index contributed by atoms with van der Waals surface area (Å²) >= 11 is 0. The van der Waals surface area contributed by atoms with Gasteiger partial charge in [-0.15, -0.1) is 0 Å². The average Bonchev–Trinajstić information content (AvgIpc) is 2.45. The molecule has 0 fully saturated rings. The molecule has 0 amide bonds. The van der Waals surface area contributed by atoms with Gasteiger partial charge in [-0.3, -0.25) is 0 Å². The van der Waals surface area contributed by atoms with Gasteiger partial charge in [0.15, 0.2) is 0 Å². The zero-order valence-corrected chi connectivity index (χ0v) is 11.9. The van der Waals surface area contributed by atoms with E-state index in [1.165, 1.54) is 12.1 Å². The molecular weight excluding hydrogens is 300 g/mol. The van der Waals surface area contributed by atoms with E-state index in [1.807, 2.05) is 0 Å². The summed E-state index contributed by atoms with van der Waals surface area (Å²) in [5.74, 6) is -2.88. The van der Waals surface area contributed by atoms with Crippen molar-refractivity contribution in [3.63, 3.8) is 0 Å². The molecule has 2 aromatic rings. The van der Waals surface area contributed by atoms with Crippen molar-refractivity contribution >= 4 is 15.5 Å². The fraction of sp³-hybridized carbons (Fsp3) is 0.231. The van der Waals surface area contributed by atoms with Crippen LogP contribution in [0.5, 0.6) is 0 Å². The van der Waals surface area contributed by atoms with E-state index in [9.17, 15) is 17.2 Å². The molecule has 21 heavy (non-hydrogen) atoms. The fourth-order valence-electron chi connectivity index (χ4n) is 1.75. The van der Waals surface area contributed by atoms with Crippen molar-refractivity contribution in [3.8, 4) is 0 Å². The number of nitrogens with zero attached hydrogens (tertiary/aromatic N) is 2. The largest absolute Gasteiger partial charge is 0.378 e. The number of sulfone groups is 1. The molecule has 2 rings (SSSR count). The Kier molecular flexibility index (Phi) is 4.46. The number of hydrogen-bond acceptors (Lipinski definition) is 5. The molecule has 0 aliphatic heterocycles. The molecule has 1 aromatic heterocycles. The Bertz CT molecular complexity index is 736. The molecule has 0 aliphatic carbocycles. The lowest BCUT2D eigenvalue weighted by Crippen LogP contribution is -2.14. The molecular formula is C13H13F2N3O2S. The molecule has 0 saturated heterocycles. The number of hydrogen-bond donors (Lipinski definition) is 1. The maximum atomic E-state index is 12.7. The summed E-state index contributed by atoms with van der Waals surface area (Å²) in [5.41, 5.74) is 0.751. The van der Waals surface area contributed by atoms with Gasteiger partial charge in [0.25, 0.3) is 0 Å². The first-order valence-corrected chi connectivity index (χ1v) is 7.59. The first-order chi connectivity index (χ1) is 9.91. The number of nitrogens with one attached hydrogen (secondary N) is 1. The third kappa shape index (κ3) is 3.52. The number of benzene rings is 1. The van der Waals surface area contributed by atoms with Gasteiger partial charge in [0.1, 0.15) is 5.82 Å². The van der Waals surface area contributed by atoms with E-state index in [0.29, 0.717) is 11.5 Å². The van der Waals surface area contributed by atoms with Crippen LogP contribution in [0.3, 0.4) is 0 Å². The summed E-state index contributed by atoms with van der Waals surface area (Å²) in [7, 11) is -4.65. The molecule has 1 heterocycles. The maximum Gasteiger partial charge on any atom is 0.341 e. The lowest BCUT2D eigenvalue weighted by molar-refractivity contribution is 0.235. The molecule has 0 atom stereocenters. The summed E-state index contributed by atoms with van der Waals surface area (Å²) in [6, 6.07) is 7.20. The first-order valence-electron chi connectivity index (χ1n) is 6.05. The lowest BCUT2D eigenvalue weighted by Gasteiger charge is -2.12. The van der Waals surface area contributed by atoms with Gasteiger partial charge in [0.05, 0.1) is 22.8 Å². The molecule has 5 nitrogen and oxygen atoms in total. The molecule has 0 spiro atoms. The van der Waals surface area contributed by atoms with E-state index in [2.05, 4.69) is 15.3 Å². The van der Waals surface area contributed by atoms with Crippen molar-refractivity contribution in [3.05, 3.63) is 48.0 Å². The molecule has 0 saturated carbocycles. The second kappa shape index (κ2) is 6.13. The summed E-state index contributed by atoms with van der Waals surface area (Å²) in [6.45, 7) is 1.93. The molecule has 0 aliphatic rings. The highest BCUT2D eigenvalue weighted by molar-refractivity contribution is 7.91. The first kappa shape index (κ1) is 15.3. The van der Waals surface area contributed by atoms with Crippen molar-refractivity contribution in [2.75, 3.05) is 5.32 Å². The molecule has 0 unspecified atom stereocenters. The van der Waals surface area contributed by atoms with E-state index < -0.39 is 20.5 Å². The third-order valence-corrected chi connectivity index (χ3v) is 4.16. The topological polar surface area (TPSA) is 72.0 Å². The Labute approximate surface area is 121 Å². The van der Waals surface area contributed by atoms with Gasteiger partial charge in [-0.2, -0.15) is 8.78 Å². The van der Waals surface area contributed by atoms with Gasteiger partial charge >= 0.3 is 5.76 Å². The van der Waals surface area contributed by atoms with Crippen LogP contribution in [0.2, 0.25) is 0 Å². The molecule has 0 bridgehead atoms. The van der Waals surface area contributed by atoms with Crippen LogP contribution in [0.25, 0.3) is 0 Å². The highest BCUT2D eigenvalue weighted by Crippen LogP contribution is 2.26. The number of anilines is 1. The quantitative estimate of drug-likeness (QED) is 0.917. The van der Waals surface area contributed by atoms with Crippen LogP contribution in [0, 0.1) is 6.92 Å². The van der Waals surface area contributed by atoms with Crippen molar-refractivity contribution < 1.29 is 17.2 Å². The minimum atomic E-state index is -4.65. The van der Waals surface area contributed by atoms with Crippen LogP contribution in [-0.4, -0.2) is 24.1 Å². The van der Waals surface area contributed by atoms with Crippen molar-refractivity contribution in [2.24, 2.45) is 0 Å². The smallest absolute Gasteiger partial charge is 0.341 e. The zero-order chi connectivity index (χ0) is 15.5. The van der Waals surface area contributed by atoms with Crippen LogP contribution >= 0.6 is 0 Å². The summed E-state index contributed by atoms with van der Waals surface area (Å²) in [5, 5.41) is 2.81. The minimum absolute atomic E-state index is 0.120. The van der Waals surface area contributed by atoms with E-state index in [-0.39, 0.29) is 12.2 Å². The predicted octanol–water partition coefficient (Wildman–Crippen LogP) is 2.39. The Morgan fingerprint density at radius 1 is 1.24 bits per heavy atom. The zero-order valence-electron chi connectivity index (χ0n) is 11.1. The van der Waals surface area contributed by atoms with E-state index in [0.717, 1.165) is 6.07 Å². The van der Waals surface area contributed by atoms with Crippen molar-refractivity contribution in [2.45, 2.75) is 24.1 Å². The van der Waals surface area contributed by atoms with E-state index >= 15 is 0 Å². The number of para-hydroxylation sites is 1. The minimum Gasteiger partial charge on any atom is -0.378 e. The van der Waals surface area contributed by atoms with Gasteiger partial charge in [-0.1, -0.05) is 12.1 Å². The van der Waals surface area contributed by atoms with Gasteiger partial charge in [0, 0.05) is 6.20 Å². The summed E-state index contributed by atoms with van der Waals surface area (Å²) < 4.78 is 48.5. The number of aryl methyl sites for hydroxylation is 1. The molecule has 0 radical (unpaired) electrons. The highest BCUT2D eigenvalue weighted by atomic mass is 32.2. The molecule has 8 heteroatoms. The van der Waals surface area contributed by atoms with Crippen LogP contribution in [0.4, 0.5) is 14.5 Å². The normalized spacial score (nSPS) is 11.6. The maximum absolute atomic E-state index is 12.7. The van der Waals surface area contributed by atoms with Crippen molar-refractivity contribution in [1.29, 1.82) is 0 Å². The van der Waals surface area contributed by atoms with Gasteiger partial charge in [-0.05, 0) is 25.1 Å². The number of halogens is 2. The molecule has 1 N–H and O–H groups in total. The SMILES string of the molecule is Cc1nccc(CNc2ccccc2S(=O)(=O)C(F)F)n1. The monoisotopic (exact) mass is 313 g/mol. The van der Waals surface area contributed by atoms with Gasteiger partial charge in [-0.25, -0.2) is 18.4 Å². The Morgan fingerprint density at radius 3 is 2.62 bits per heavy atom. The number of aromatic nitrogens is 2. The molecule has 112 valence electrons. The van der Waals surface area contributed by atoms with Gasteiger partial charge in [0.2, 0.25) is 9.84 Å². The molecule has 1 aromatic carbocycles. The average molecular weight is 313 g/mol. The van der Waals surface area contributed by atoms with Crippen molar-refractivity contribution in [1.82, 2.24) is 9.97 Å². The van der Waals surface area contributed by atoms with E-state index in [1.54, 1.807) is 25.3 Å². The summed E-state index contributed by atoms with van der Waals surface area (Å²) in [4.78, 5) is 7.66. The predicted molar refractivity (Wildman–Crippen MR) is 73.7 cm³/mol. The third-order valence-electron chi connectivity index (χ3n) is 2.72. The summed E-state index contributed by atoms with van der Waals surface area (Å²) in [6.07, 6.45) is 1.57. The number of rotatable bonds is 5. The lowest BCUT2D eigenvalue weighted by atomic mass is 10.3. The second-order valence-corrected chi connectivity index (χ2v) is 6.14. The Morgan fingerprint density at radius 2 is 1.95 bits per heavy atom. The standard InChI is InChI=1S/C13H13F2N3O2S/c1-9-16-7-6-10(18-9)8-17-11-4-2-3-5-12(11)21(19,20)13(14)15/h2-7,13,17H,8H2,1H3. The fourth-order valence-corrected chi connectivity index (χ4v) is 2.65. The van der Waals surface area contributed by atoms with E-state index in [4.69, 9.17) is 0 Å².